The normalized spacial score (nSPS) is 16.9. The Morgan fingerprint density at radius 1 is 1.25 bits per heavy atom. The largest absolute Gasteiger partial charge is 0.338 e. The lowest BCUT2D eigenvalue weighted by Crippen LogP contribution is -2.30. The van der Waals surface area contributed by atoms with Gasteiger partial charge in [-0.3, -0.25) is 4.79 Å². The fraction of sp³-hybridized carbons (Fsp3) is 0.133. The Morgan fingerprint density at radius 3 is 2.75 bits per heavy atom. The second-order valence-electron chi connectivity index (χ2n) is 4.59. The second-order valence-corrected chi connectivity index (χ2v) is 5.01. The molecule has 3 rings (SSSR count). The molecule has 0 saturated heterocycles. The van der Waals surface area contributed by atoms with Gasteiger partial charge >= 0.3 is 0 Å². The molecule has 0 radical (unpaired) electrons. The van der Waals surface area contributed by atoms with E-state index in [-0.39, 0.29) is 5.91 Å². The van der Waals surface area contributed by atoms with Crippen molar-refractivity contribution in [1.29, 1.82) is 0 Å². The first-order valence-corrected chi connectivity index (χ1v) is 6.67. The van der Waals surface area contributed by atoms with Gasteiger partial charge in [0.05, 0.1) is 4.99 Å². The molecule has 1 unspecified atom stereocenters. The van der Waals surface area contributed by atoms with Gasteiger partial charge in [-0.1, -0.05) is 36.5 Å². The van der Waals surface area contributed by atoms with Gasteiger partial charge in [0.1, 0.15) is 11.7 Å². The van der Waals surface area contributed by atoms with Crippen LogP contribution in [0.15, 0.2) is 48.7 Å². The van der Waals surface area contributed by atoms with Crippen LogP contribution < -0.4 is 10.2 Å². The van der Waals surface area contributed by atoms with Crippen LogP contribution in [0.3, 0.4) is 0 Å². The van der Waals surface area contributed by atoms with E-state index in [0.717, 1.165) is 11.3 Å². The third kappa shape index (κ3) is 2.06. The number of amides is 1. The predicted octanol–water partition coefficient (Wildman–Crippen LogP) is 2.58. The number of aromatic nitrogens is 1. The zero-order valence-electron chi connectivity index (χ0n) is 10.9. The highest BCUT2D eigenvalue weighted by Crippen LogP contribution is 2.37. The average molecular weight is 283 g/mol. The van der Waals surface area contributed by atoms with Gasteiger partial charge in [-0.05, 0) is 23.8 Å². The maximum atomic E-state index is 12.5. The molecule has 0 saturated carbocycles. The lowest BCUT2D eigenvalue weighted by molar-refractivity contribution is -0.116. The van der Waals surface area contributed by atoms with Gasteiger partial charge in [0.2, 0.25) is 5.91 Å². The maximum Gasteiger partial charge on any atom is 0.240 e. The summed E-state index contributed by atoms with van der Waals surface area (Å²) in [7, 11) is 1.88. The van der Waals surface area contributed by atoms with Crippen LogP contribution >= 0.6 is 12.2 Å². The van der Waals surface area contributed by atoms with Gasteiger partial charge in [0.15, 0.2) is 0 Å². The molecule has 1 N–H and O–H groups in total. The monoisotopic (exact) mass is 283 g/mol. The minimum Gasteiger partial charge on any atom is -0.338 e. The molecule has 2 aromatic rings. The quantitative estimate of drug-likeness (QED) is 0.860. The standard InChI is InChI=1S/C15H13N3OS/c1-18-11-7-3-2-6-10(11)13(15(18)20)14(19)17-12-8-4-5-9-16-12/h2-9,13H,1H3,(H,16,17,19). The summed E-state index contributed by atoms with van der Waals surface area (Å²) in [5, 5.41) is 2.81. The number of rotatable bonds is 2. The molecule has 20 heavy (non-hydrogen) atoms. The van der Waals surface area contributed by atoms with Crippen LogP contribution in [0.4, 0.5) is 11.5 Å². The molecular formula is C15H13N3OS. The molecule has 0 fully saturated rings. The van der Waals surface area contributed by atoms with Crippen molar-refractivity contribution in [2.45, 2.75) is 5.92 Å². The highest BCUT2D eigenvalue weighted by molar-refractivity contribution is 7.80. The first-order valence-electron chi connectivity index (χ1n) is 6.27. The van der Waals surface area contributed by atoms with E-state index in [0.29, 0.717) is 10.8 Å². The number of carbonyl (C=O) groups is 1. The number of thiocarbonyl (C=S) groups is 1. The fourth-order valence-electron chi connectivity index (χ4n) is 2.37. The molecule has 0 aliphatic carbocycles. The second kappa shape index (κ2) is 5.02. The van der Waals surface area contributed by atoms with E-state index >= 15 is 0 Å². The average Bonchev–Trinajstić information content (AvgIpc) is 2.72. The zero-order valence-corrected chi connectivity index (χ0v) is 11.7. The Balaban J connectivity index is 1.91. The van der Waals surface area contributed by atoms with Gasteiger partial charge in [-0.2, -0.15) is 0 Å². The molecule has 1 amide bonds. The summed E-state index contributed by atoms with van der Waals surface area (Å²) >= 11 is 5.41. The minimum atomic E-state index is -0.437. The van der Waals surface area contributed by atoms with Gasteiger partial charge in [0.25, 0.3) is 0 Å². The van der Waals surface area contributed by atoms with Crippen LogP contribution in [-0.4, -0.2) is 22.9 Å². The fourth-order valence-corrected chi connectivity index (χ4v) is 2.70. The predicted molar refractivity (Wildman–Crippen MR) is 83.1 cm³/mol. The zero-order chi connectivity index (χ0) is 14.1. The van der Waals surface area contributed by atoms with Crippen LogP contribution in [0.5, 0.6) is 0 Å². The van der Waals surface area contributed by atoms with Crippen molar-refractivity contribution in [2.75, 3.05) is 17.3 Å². The summed E-state index contributed by atoms with van der Waals surface area (Å²) in [6, 6.07) is 13.2. The molecule has 5 heteroatoms. The van der Waals surface area contributed by atoms with E-state index in [1.807, 2.05) is 42.3 Å². The van der Waals surface area contributed by atoms with Gasteiger partial charge in [-0.15, -0.1) is 0 Å². The van der Waals surface area contributed by atoms with Crippen LogP contribution in [0.2, 0.25) is 0 Å². The van der Waals surface area contributed by atoms with E-state index in [9.17, 15) is 4.79 Å². The lowest BCUT2D eigenvalue weighted by atomic mass is 10.0. The van der Waals surface area contributed by atoms with E-state index in [1.54, 1.807) is 18.3 Å². The van der Waals surface area contributed by atoms with Crippen molar-refractivity contribution >= 4 is 34.6 Å². The van der Waals surface area contributed by atoms with Crippen molar-refractivity contribution in [2.24, 2.45) is 0 Å². The lowest BCUT2D eigenvalue weighted by Gasteiger charge is -2.14. The molecule has 0 bridgehead atoms. The Morgan fingerprint density at radius 2 is 2.00 bits per heavy atom. The van der Waals surface area contributed by atoms with Crippen LogP contribution in [0.25, 0.3) is 0 Å². The molecule has 1 aliphatic rings. The number of fused-ring (bicyclic) bond motifs is 1. The molecule has 1 aromatic heterocycles. The van der Waals surface area contributed by atoms with Crippen molar-refractivity contribution in [3.63, 3.8) is 0 Å². The highest BCUT2D eigenvalue weighted by atomic mass is 32.1. The van der Waals surface area contributed by atoms with Crippen LogP contribution in [0, 0.1) is 0 Å². The highest BCUT2D eigenvalue weighted by Gasteiger charge is 2.36. The Kier molecular flexibility index (Phi) is 3.20. The Bertz CT molecular complexity index is 672. The summed E-state index contributed by atoms with van der Waals surface area (Å²) in [4.78, 5) is 19.1. The molecule has 2 heterocycles. The van der Waals surface area contributed by atoms with Gasteiger partial charge in [-0.25, -0.2) is 4.98 Å². The van der Waals surface area contributed by atoms with Crippen LogP contribution in [0.1, 0.15) is 11.5 Å². The summed E-state index contributed by atoms with van der Waals surface area (Å²) < 4.78 is 0. The summed E-state index contributed by atoms with van der Waals surface area (Å²) in [5.41, 5.74) is 1.92. The molecule has 0 spiro atoms. The van der Waals surface area contributed by atoms with Crippen molar-refractivity contribution in [1.82, 2.24) is 4.98 Å². The minimum absolute atomic E-state index is 0.148. The third-order valence-electron chi connectivity index (χ3n) is 3.36. The van der Waals surface area contributed by atoms with Crippen molar-refractivity contribution < 1.29 is 4.79 Å². The topological polar surface area (TPSA) is 45.2 Å². The number of pyridine rings is 1. The number of hydrogen-bond acceptors (Lipinski definition) is 3. The Hall–Kier alpha value is -2.27. The number of nitrogens with zero attached hydrogens (tertiary/aromatic N) is 2. The molecule has 1 aliphatic heterocycles. The number of anilines is 2. The first kappa shape index (κ1) is 12.7. The number of benzene rings is 1. The molecule has 100 valence electrons. The summed E-state index contributed by atoms with van der Waals surface area (Å²) in [6.07, 6.45) is 1.64. The SMILES string of the molecule is CN1C(=S)C(C(=O)Nc2ccccn2)c2ccccc21. The number of likely N-dealkylation sites (N-methyl/N-ethyl adjacent to an activating group) is 1. The molecular weight excluding hydrogens is 270 g/mol. The number of nitrogens with one attached hydrogen (secondary N) is 1. The number of carbonyl (C=O) groups excluding carboxylic acids is 1. The number of para-hydroxylation sites is 1. The molecule has 4 nitrogen and oxygen atoms in total. The summed E-state index contributed by atoms with van der Waals surface area (Å²) in [6.45, 7) is 0. The molecule has 1 aromatic carbocycles. The smallest absolute Gasteiger partial charge is 0.240 e. The Labute approximate surface area is 122 Å². The summed E-state index contributed by atoms with van der Waals surface area (Å²) in [5.74, 6) is -0.0500. The van der Waals surface area contributed by atoms with Crippen molar-refractivity contribution in [3.8, 4) is 0 Å². The van der Waals surface area contributed by atoms with Crippen molar-refractivity contribution in [3.05, 3.63) is 54.2 Å². The maximum absolute atomic E-state index is 12.5. The van der Waals surface area contributed by atoms with E-state index in [2.05, 4.69) is 10.3 Å². The first-order chi connectivity index (χ1) is 9.68. The van der Waals surface area contributed by atoms with Crippen LogP contribution in [-0.2, 0) is 4.79 Å². The van der Waals surface area contributed by atoms with Gasteiger partial charge < -0.3 is 10.2 Å². The van der Waals surface area contributed by atoms with E-state index in [1.165, 1.54) is 0 Å². The molecule has 1 atom stereocenters. The van der Waals surface area contributed by atoms with E-state index in [4.69, 9.17) is 12.2 Å². The van der Waals surface area contributed by atoms with E-state index < -0.39 is 5.92 Å². The number of hydrogen-bond donors (Lipinski definition) is 1. The van der Waals surface area contributed by atoms with Gasteiger partial charge in [0, 0.05) is 18.9 Å². The third-order valence-corrected chi connectivity index (χ3v) is 3.87.